The summed E-state index contributed by atoms with van der Waals surface area (Å²) in [4.78, 5) is 0. The van der Waals surface area contributed by atoms with Crippen LogP contribution >= 0.6 is 0 Å². The van der Waals surface area contributed by atoms with Crippen LogP contribution in [0.15, 0.2) is 42.5 Å². The number of anilines is 1. The Morgan fingerprint density at radius 1 is 1.00 bits per heavy atom. The molecular weight excluding hydrogens is 206 g/mol. The molecule has 0 aliphatic heterocycles. The third-order valence-corrected chi connectivity index (χ3v) is 3.30. The largest absolute Gasteiger partial charge is 0.399 e. The first-order valence-electron chi connectivity index (χ1n) is 6.00. The molecule has 0 amide bonds. The average molecular weight is 225 g/mol. The maximum Gasteiger partial charge on any atom is 0.0316 e. The zero-order valence-electron chi connectivity index (χ0n) is 10.7. The van der Waals surface area contributed by atoms with Crippen molar-refractivity contribution in [3.8, 4) is 0 Å². The molecule has 0 heterocycles. The fourth-order valence-electron chi connectivity index (χ4n) is 2.32. The first-order chi connectivity index (χ1) is 8.08. The Kier molecular flexibility index (Phi) is 3.19. The van der Waals surface area contributed by atoms with E-state index in [9.17, 15) is 0 Å². The zero-order valence-corrected chi connectivity index (χ0v) is 10.7. The standard InChI is InChI=1S/C16H19N/c1-11-7-8-16(12(2)9-11)13(3)14-5-4-6-15(17)10-14/h4-10,13H,17H2,1-3H3. The molecule has 1 heteroatoms. The van der Waals surface area contributed by atoms with E-state index in [1.165, 1.54) is 22.3 Å². The topological polar surface area (TPSA) is 26.0 Å². The van der Waals surface area contributed by atoms with Crippen LogP contribution in [0.5, 0.6) is 0 Å². The summed E-state index contributed by atoms with van der Waals surface area (Å²) >= 11 is 0. The highest BCUT2D eigenvalue weighted by Gasteiger charge is 2.10. The third-order valence-electron chi connectivity index (χ3n) is 3.30. The molecule has 2 N–H and O–H groups in total. The summed E-state index contributed by atoms with van der Waals surface area (Å²) in [6.45, 7) is 6.53. The van der Waals surface area contributed by atoms with E-state index in [1.54, 1.807) is 0 Å². The van der Waals surface area contributed by atoms with Gasteiger partial charge in [0.2, 0.25) is 0 Å². The number of nitrogen functional groups attached to an aromatic ring is 1. The summed E-state index contributed by atoms with van der Waals surface area (Å²) in [6.07, 6.45) is 0. The molecule has 0 spiro atoms. The lowest BCUT2D eigenvalue weighted by Gasteiger charge is -2.16. The predicted octanol–water partition coefficient (Wildman–Crippen LogP) is 4.04. The number of hydrogen-bond acceptors (Lipinski definition) is 1. The van der Waals surface area contributed by atoms with Crippen LogP contribution in [0.1, 0.15) is 35.1 Å². The Balaban J connectivity index is 2.40. The predicted molar refractivity (Wildman–Crippen MR) is 74.3 cm³/mol. The smallest absolute Gasteiger partial charge is 0.0316 e. The lowest BCUT2D eigenvalue weighted by atomic mass is 9.89. The maximum absolute atomic E-state index is 5.84. The van der Waals surface area contributed by atoms with Gasteiger partial charge in [-0.25, -0.2) is 0 Å². The minimum absolute atomic E-state index is 0.388. The van der Waals surface area contributed by atoms with Crippen LogP contribution in [0.25, 0.3) is 0 Å². The summed E-state index contributed by atoms with van der Waals surface area (Å²) in [7, 11) is 0. The summed E-state index contributed by atoms with van der Waals surface area (Å²) in [6, 6.07) is 14.8. The fraction of sp³-hybridized carbons (Fsp3) is 0.250. The highest BCUT2D eigenvalue weighted by atomic mass is 14.5. The normalized spacial score (nSPS) is 12.4. The highest BCUT2D eigenvalue weighted by molar-refractivity contribution is 5.45. The Morgan fingerprint density at radius 3 is 2.41 bits per heavy atom. The minimum Gasteiger partial charge on any atom is -0.399 e. The molecular formula is C16H19N. The van der Waals surface area contributed by atoms with Crippen LogP contribution in [-0.2, 0) is 0 Å². The minimum atomic E-state index is 0.388. The molecule has 17 heavy (non-hydrogen) atoms. The number of nitrogens with two attached hydrogens (primary N) is 1. The Morgan fingerprint density at radius 2 is 1.76 bits per heavy atom. The zero-order chi connectivity index (χ0) is 12.4. The van der Waals surface area contributed by atoms with Crippen LogP contribution < -0.4 is 5.73 Å². The first-order valence-corrected chi connectivity index (χ1v) is 6.00. The van der Waals surface area contributed by atoms with Crippen molar-refractivity contribution < 1.29 is 0 Å². The molecule has 0 radical (unpaired) electrons. The average Bonchev–Trinajstić information content (AvgIpc) is 2.28. The summed E-state index contributed by atoms with van der Waals surface area (Å²) in [5.74, 6) is 0.388. The van der Waals surface area contributed by atoms with Gasteiger partial charge in [0, 0.05) is 11.6 Å². The fourth-order valence-corrected chi connectivity index (χ4v) is 2.32. The van der Waals surface area contributed by atoms with E-state index in [-0.39, 0.29) is 0 Å². The number of benzene rings is 2. The van der Waals surface area contributed by atoms with Gasteiger partial charge >= 0.3 is 0 Å². The van der Waals surface area contributed by atoms with Gasteiger partial charge in [-0.2, -0.15) is 0 Å². The van der Waals surface area contributed by atoms with Crippen molar-refractivity contribution in [3.63, 3.8) is 0 Å². The highest BCUT2D eigenvalue weighted by Crippen LogP contribution is 2.28. The molecule has 0 fully saturated rings. The first kappa shape index (κ1) is 11.7. The molecule has 0 saturated heterocycles. The lowest BCUT2D eigenvalue weighted by Crippen LogP contribution is -2.00. The molecule has 1 nitrogen and oxygen atoms in total. The van der Waals surface area contributed by atoms with Crippen molar-refractivity contribution in [3.05, 3.63) is 64.7 Å². The van der Waals surface area contributed by atoms with E-state index in [1.807, 2.05) is 12.1 Å². The van der Waals surface area contributed by atoms with Crippen molar-refractivity contribution >= 4 is 5.69 Å². The monoisotopic (exact) mass is 225 g/mol. The third kappa shape index (κ3) is 2.50. The maximum atomic E-state index is 5.84. The number of aryl methyl sites for hydroxylation is 2. The van der Waals surface area contributed by atoms with E-state index >= 15 is 0 Å². The molecule has 2 aromatic carbocycles. The van der Waals surface area contributed by atoms with E-state index < -0.39 is 0 Å². The lowest BCUT2D eigenvalue weighted by molar-refractivity contribution is 0.909. The molecule has 1 unspecified atom stereocenters. The van der Waals surface area contributed by atoms with Gasteiger partial charge in [-0.05, 0) is 42.7 Å². The molecule has 0 aliphatic rings. The van der Waals surface area contributed by atoms with Crippen LogP contribution in [0.2, 0.25) is 0 Å². The SMILES string of the molecule is Cc1ccc(C(C)c2cccc(N)c2)c(C)c1. The summed E-state index contributed by atoms with van der Waals surface area (Å²) in [5, 5.41) is 0. The summed E-state index contributed by atoms with van der Waals surface area (Å²) in [5.41, 5.74) is 12.0. The Labute approximate surface area is 103 Å². The van der Waals surface area contributed by atoms with Crippen molar-refractivity contribution in [2.75, 3.05) is 5.73 Å². The molecule has 2 rings (SSSR count). The van der Waals surface area contributed by atoms with Crippen molar-refractivity contribution in [1.82, 2.24) is 0 Å². The van der Waals surface area contributed by atoms with Gasteiger partial charge in [-0.15, -0.1) is 0 Å². The molecule has 0 saturated carbocycles. The number of hydrogen-bond donors (Lipinski definition) is 1. The van der Waals surface area contributed by atoms with Crippen molar-refractivity contribution in [2.45, 2.75) is 26.7 Å². The van der Waals surface area contributed by atoms with E-state index in [0.29, 0.717) is 5.92 Å². The Bertz CT molecular complexity index is 529. The molecule has 2 aromatic rings. The van der Waals surface area contributed by atoms with Crippen molar-refractivity contribution in [1.29, 1.82) is 0 Å². The van der Waals surface area contributed by atoms with E-state index in [4.69, 9.17) is 5.73 Å². The molecule has 88 valence electrons. The van der Waals surface area contributed by atoms with Crippen LogP contribution in [0, 0.1) is 13.8 Å². The second-order valence-electron chi connectivity index (χ2n) is 4.75. The van der Waals surface area contributed by atoms with Crippen LogP contribution in [-0.4, -0.2) is 0 Å². The quantitative estimate of drug-likeness (QED) is 0.767. The van der Waals surface area contributed by atoms with Gasteiger partial charge in [-0.1, -0.05) is 42.8 Å². The van der Waals surface area contributed by atoms with Gasteiger partial charge in [0.05, 0.1) is 0 Å². The van der Waals surface area contributed by atoms with E-state index in [2.05, 4.69) is 51.1 Å². The van der Waals surface area contributed by atoms with Gasteiger partial charge in [0.1, 0.15) is 0 Å². The second-order valence-corrected chi connectivity index (χ2v) is 4.75. The molecule has 0 bridgehead atoms. The Hall–Kier alpha value is -1.76. The van der Waals surface area contributed by atoms with E-state index in [0.717, 1.165) is 5.69 Å². The van der Waals surface area contributed by atoms with Crippen molar-refractivity contribution in [2.24, 2.45) is 0 Å². The van der Waals surface area contributed by atoms with Gasteiger partial charge < -0.3 is 5.73 Å². The molecule has 0 aliphatic carbocycles. The van der Waals surface area contributed by atoms with Crippen LogP contribution in [0.3, 0.4) is 0 Å². The molecule has 0 aromatic heterocycles. The van der Waals surface area contributed by atoms with Gasteiger partial charge in [0.25, 0.3) is 0 Å². The molecule has 1 atom stereocenters. The summed E-state index contributed by atoms with van der Waals surface area (Å²) < 4.78 is 0. The number of rotatable bonds is 2. The van der Waals surface area contributed by atoms with Gasteiger partial charge in [0.15, 0.2) is 0 Å². The second kappa shape index (κ2) is 4.62. The van der Waals surface area contributed by atoms with Crippen LogP contribution in [0.4, 0.5) is 5.69 Å². The van der Waals surface area contributed by atoms with Gasteiger partial charge in [-0.3, -0.25) is 0 Å².